The molecular formula is C21H18ClFN2O5S. The van der Waals surface area contributed by atoms with Gasteiger partial charge in [0, 0.05) is 5.69 Å². The maximum atomic E-state index is 13.2. The van der Waals surface area contributed by atoms with Crippen LogP contribution in [0.5, 0.6) is 11.5 Å². The molecule has 1 fully saturated rings. The summed E-state index contributed by atoms with van der Waals surface area (Å²) < 4.78 is 24.0. The molecule has 162 valence electrons. The number of ether oxygens (including phenoxy) is 2. The van der Waals surface area contributed by atoms with E-state index >= 15 is 0 Å². The number of thioether (sulfide) groups is 1. The van der Waals surface area contributed by atoms with E-state index in [0.29, 0.717) is 23.7 Å². The summed E-state index contributed by atoms with van der Waals surface area (Å²) in [5, 5.41) is 1.76. The van der Waals surface area contributed by atoms with Crippen molar-refractivity contribution in [3.63, 3.8) is 0 Å². The van der Waals surface area contributed by atoms with Crippen LogP contribution < -0.4 is 14.8 Å². The third-order valence-corrected chi connectivity index (χ3v) is 5.36. The second-order valence-corrected chi connectivity index (χ2v) is 7.69. The zero-order valence-corrected chi connectivity index (χ0v) is 18.2. The van der Waals surface area contributed by atoms with E-state index in [1.54, 1.807) is 24.3 Å². The topological polar surface area (TPSA) is 84.9 Å². The number of carbonyl (C=O) groups excluding carboxylic acids is 3. The van der Waals surface area contributed by atoms with Crippen LogP contribution in [0, 0.1) is 5.82 Å². The standard InChI is InChI=1S/C21H18ClFN2O5S/c1-3-30-16-7-4-12(8-17(16)29-2)9-18-20(27)25(21(28)31-18)11-19(26)24-13-5-6-15(23)14(22)10-13/h4-10H,3,11H2,1-2H3,(H,24,26)/b18-9+. The maximum absolute atomic E-state index is 13.2. The molecule has 1 aliphatic heterocycles. The quantitative estimate of drug-likeness (QED) is 0.604. The Kier molecular flexibility index (Phi) is 7.19. The molecule has 0 radical (unpaired) electrons. The van der Waals surface area contributed by atoms with Gasteiger partial charge in [-0.1, -0.05) is 17.7 Å². The Labute approximate surface area is 187 Å². The third kappa shape index (κ3) is 5.36. The molecule has 0 atom stereocenters. The highest BCUT2D eigenvalue weighted by atomic mass is 35.5. The average molecular weight is 465 g/mol. The van der Waals surface area contributed by atoms with E-state index in [1.807, 2.05) is 6.92 Å². The average Bonchev–Trinajstić information content (AvgIpc) is 2.99. The molecule has 1 heterocycles. The first-order chi connectivity index (χ1) is 14.8. The smallest absolute Gasteiger partial charge is 0.294 e. The van der Waals surface area contributed by atoms with Crippen molar-refractivity contribution in [1.82, 2.24) is 4.90 Å². The van der Waals surface area contributed by atoms with Crippen molar-refractivity contribution in [2.45, 2.75) is 6.92 Å². The first-order valence-corrected chi connectivity index (χ1v) is 10.3. The van der Waals surface area contributed by atoms with Crippen molar-refractivity contribution in [2.24, 2.45) is 0 Å². The van der Waals surface area contributed by atoms with E-state index in [-0.39, 0.29) is 15.6 Å². The van der Waals surface area contributed by atoms with Gasteiger partial charge in [-0.2, -0.15) is 0 Å². The number of hydrogen-bond donors (Lipinski definition) is 1. The minimum atomic E-state index is -0.623. The van der Waals surface area contributed by atoms with E-state index in [2.05, 4.69) is 5.32 Å². The number of carbonyl (C=O) groups is 3. The van der Waals surface area contributed by atoms with Gasteiger partial charge in [0.1, 0.15) is 12.4 Å². The van der Waals surface area contributed by atoms with Gasteiger partial charge in [-0.3, -0.25) is 19.3 Å². The summed E-state index contributed by atoms with van der Waals surface area (Å²) in [6.07, 6.45) is 1.54. The Balaban J connectivity index is 1.71. The number of nitrogens with one attached hydrogen (secondary N) is 1. The van der Waals surface area contributed by atoms with Gasteiger partial charge in [0.25, 0.3) is 11.1 Å². The van der Waals surface area contributed by atoms with Crippen LogP contribution in [0.2, 0.25) is 5.02 Å². The fourth-order valence-electron chi connectivity index (χ4n) is 2.75. The van der Waals surface area contributed by atoms with Crippen molar-refractivity contribution in [3.05, 3.63) is 57.7 Å². The van der Waals surface area contributed by atoms with Crippen LogP contribution >= 0.6 is 23.4 Å². The summed E-state index contributed by atoms with van der Waals surface area (Å²) in [4.78, 5) is 38.2. The van der Waals surface area contributed by atoms with E-state index < -0.39 is 29.4 Å². The number of imide groups is 1. The van der Waals surface area contributed by atoms with Crippen molar-refractivity contribution >= 4 is 52.2 Å². The van der Waals surface area contributed by atoms with Crippen LogP contribution in [0.3, 0.4) is 0 Å². The molecule has 2 aromatic carbocycles. The van der Waals surface area contributed by atoms with Gasteiger partial charge in [-0.15, -0.1) is 0 Å². The second-order valence-electron chi connectivity index (χ2n) is 6.29. The highest BCUT2D eigenvalue weighted by Gasteiger charge is 2.36. The lowest BCUT2D eigenvalue weighted by Crippen LogP contribution is -2.36. The molecular weight excluding hydrogens is 447 g/mol. The predicted molar refractivity (Wildman–Crippen MR) is 117 cm³/mol. The molecule has 0 saturated carbocycles. The molecule has 0 unspecified atom stereocenters. The lowest BCUT2D eigenvalue weighted by Gasteiger charge is -2.12. The Bertz CT molecular complexity index is 1080. The number of rotatable bonds is 7. The first-order valence-electron chi connectivity index (χ1n) is 9.13. The van der Waals surface area contributed by atoms with Gasteiger partial charge in [-0.25, -0.2) is 4.39 Å². The largest absolute Gasteiger partial charge is 0.493 e. The molecule has 31 heavy (non-hydrogen) atoms. The van der Waals surface area contributed by atoms with E-state index in [9.17, 15) is 18.8 Å². The molecule has 3 rings (SSSR count). The normalized spacial score (nSPS) is 14.8. The minimum absolute atomic E-state index is 0.155. The van der Waals surface area contributed by atoms with E-state index in [0.717, 1.165) is 22.7 Å². The summed E-state index contributed by atoms with van der Waals surface area (Å²) in [6, 6.07) is 8.79. The third-order valence-electron chi connectivity index (χ3n) is 4.16. The fourth-order valence-corrected chi connectivity index (χ4v) is 3.77. The first kappa shape index (κ1) is 22.6. The molecule has 1 saturated heterocycles. The highest BCUT2D eigenvalue weighted by Crippen LogP contribution is 2.34. The molecule has 0 bridgehead atoms. The lowest BCUT2D eigenvalue weighted by atomic mass is 10.2. The Morgan fingerprint density at radius 1 is 1.23 bits per heavy atom. The molecule has 1 N–H and O–H groups in total. The van der Waals surface area contributed by atoms with Gasteiger partial charge in [0.05, 0.1) is 23.6 Å². The predicted octanol–water partition coefficient (Wildman–Crippen LogP) is 4.56. The van der Waals surface area contributed by atoms with Crippen LogP contribution in [-0.4, -0.2) is 42.2 Å². The van der Waals surface area contributed by atoms with Gasteiger partial charge in [-0.05, 0) is 60.7 Å². The SMILES string of the molecule is CCOc1ccc(/C=C2/SC(=O)N(CC(=O)Nc3ccc(F)c(Cl)c3)C2=O)cc1OC. The summed E-state index contributed by atoms with van der Waals surface area (Å²) in [5.74, 6) is -0.772. The number of methoxy groups -OCH3 is 1. The molecule has 7 nitrogen and oxygen atoms in total. The Morgan fingerprint density at radius 2 is 2.00 bits per heavy atom. The van der Waals surface area contributed by atoms with Crippen LogP contribution in [0.15, 0.2) is 41.3 Å². The molecule has 3 amide bonds. The molecule has 1 aliphatic rings. The molecule has 0 aliphatic carbocycles. The number of amides is 3. The van der Waals surface area contributed by atoms with Crippen molar-refractivity contribution in [2.75, 3.05) is 25.6 Å². The number of hydrogen-bond acceptors (Lipinski definition) is 6. The monoisotopic (exact) mass is 464 g/mol. The molecule has 10 heteroatoms. The summed E-state index contributed by atoms with van der Waals surface area (Å²) in [6.45, 7) is 1.84. The van der Waals surface area contributed by atoms with E-state index in [1.165, 1.54) is 19.2 Å². The van der Waals surface area contributed by atoms with Gasteiger partial charge < -0.3 is 14.8 Å². The van der Waals surface area contributed by atoms with Crippen molar-refractivity contribution in [1.29, 1.82) is 0 Å². The van der Waals surface area contributed by atoms with Crippen LogP contribution in [0.1, 0.15) is 12.5 Å². The summed E-state index contributed by atoms with van der Waals surface area (Å²) in [5.41, 5.74) is 0.886. The van der Waals surface area contributed by atoms with Gasteiger partial charge >= 0.3 is 0 Å². The number of nitrogens with zero attached hydrogens (tertiary/aromatic N) is 1. The van der Waals surface area contributed by atoms with Crippen LogP contribution in [-0.2, 0) is 9.59 Å². The zero-order chi connectivity index (χ0) is 22.5. The molecule has 0 spiro atoms. The van der Waals surface area contributed by atoms with Crippen molar-refractivity contribution in [3.8, 4) is 11.5 Å². The molecule has 2 aromatic rings. The van der Waals surface area contributed by atoms with Gasteiger partial charge in [0.15, 0.2) is 11.5 Å². The highest BCUT2D eigenvalue weighted by molar-refractivity contribution is 8.18. The second kappa shape index (κ2) is 9.84. The zero-order valence-electron chi connectivity index (χ0n) is 16.6. The molecule has 0 aromatic heterocycles. The van der Waals surface area contributed by atoms with Crippen molar-refractivity contribution < 1.29 is 28.2 Å². The number of anilines is 1. The Morgan fingerprint density at radius 3 is 2.68 bits per heavy atom. The summed E-state index contributed by atoms with van der Waals surface area (Å²) >= 11 is 6.42. The van der Waals surface area contributed by atoms with Crippen LogP contribution in [0.25, 0.3) is 6.08 Å². The number of halogens is 2. The fraction of sp³-hybridized carbons (Fsp3) is 0.190. The van der Waals surface area contributed by atoms with Gasteiger partial charge in [0.2, 0.25) is 5.91 Å². The minimum Gasteiger partial charge on any atom is -0.493 e. The Hall–Kier alpha value is -3.04. The maximum Gasteiger partial charge on any atom is 0.294 e. The summed E-state index contributed by atoms with van der Waals surface area (Å²) in [7, 11) is 1.50. The van der Waals surface area contributed by atoms with E-state index in [4.69, 9.17) is 21.1 Å². The lowest BCUT2D eigenvalue weighted by molar-refractivity contribution is -0.127. The van der Waals surface area contributed by atoms with Crippen LogP contribution in [0.4, 0.5) is 14.9 Å². The number of benzene rings is 2.